The number of nitrogens with zero attached hydrogens (tertiary/aromatic N) is 3. The molecule has 0 bridgehead atoms. The molecule has 182 valence electrons. The third-order valence-corrected chi connectivity index (χ3v) is 7.31. The first-order valence-electron chi connectivity index (χ1n) is 11.2. The molecule has 0 saturated carbocycles. The summed E-state index contributed by atoms with van der Waals surface area (Å²) in [6, 6.07) is 13.4. The maximum absolute atomic E-state index is 13.1. The van der Waals surface area contributed by atoms with E-state index in [2.05, 4.69) is 36.1 Å². The van der Waals surface area contributed by atoms with Crippen molar-refractivity contribution in [1.82, 2.24) is 19.6 Å². The van der Waals surface area contributed by atoms with E-state index in [1.54, 1.807) is 48.7 Å². The Labute approximate surface area is 205 Å². The number of halogens is 1. The number of nitrogens with one attached hydrogen (secondary N) is 3. The number of terminal acetylenes is 1. The van der Waals surface area contributed by atoms with Crippen LogP contribution in [0.3, 0.4) is 0 Å². The molecule has 8 nitrogen and oxygen atoms in total. The molecule has 3 aromatic rings. The van der Waals surface area contributed by atoms with E-state index in [1.165, 1.54) is 12.1 Å². The third kappa shape index (κ3) is 6.54. The molecule has 1 unspecified atom stereocenters. The van der Waals surface area contributed by atoms with Crippen LogP contribution in [0.2, 0.25) is 0 Å². The van der Waals surface area contributed by atoms with E-state index in [0.717, 1.165) is 25.9 Å². The smallest absolute Gasteiger partial charge is 0.240 e. The minimum Gasteiger partial charge on any atom is -0.340 e. The number of sulfonamides is 1. The molecule has 0 radical (unpaired) electrons. The fraction of sp³-hybridized carbons (Fsp3) is 0.280. The van der Waals surface area contributed by atoms with Crippen molar-refractivity contribution in [2.24, 2.45) is 0 Å². The molecular formula is C25H27FN6O2S. The molecule has 2 heterocycles. The number of benzene rings is 2. The molecule has 1 fully saturated rings. The van der Waals surface area contributed by atoms with Gasteiger partial charge in [-0.2, -0.15) is 4.98 Å². The first-order valence-corrected chi connectivity index (χ1v) is 12.7. The number of piperidine rings is 1. The first kappa shape index (κ1) is 24.6. The topological polar surface area (TPSA) is 99.2 Å². The van der Waals surface area contributed by atoms with Gasteiger partial charge in [0.15, 0.2) is 0 Å². The van der Waals surface area contributed by atoms with Crippen molar-refractivity contribution < 1.29 is 12.8 Å². The van der Waals surface area contributed by atoms with E-state index in [4.69, 9.17) is 6.42 Å². The average Bonchev–Trinajstić information content (AvgIpc) is 2.86. The standard InChI is InChI=1S/C25H27FN6O2S/c1-3-23(29-25-27-15-12-24(30-25)28-20-8-6-19(26)7-9-20)18-4-10-22(11-5-18)35(33,34)31-21-13-16-32(2)17-14-21/h1,4-12,15,21,23,31H,13-14,16-17H2,2H3,(H2,27,28,29,30). The molecule has 0 spiro atoms. The Kier molecular flexibility index (Phi) is 7.60. The van der Waals surface area contributed by atoms with Gasteiger partial charge in [-0.05, 0) is 81.0 Å². The van der Waals surface area contributed by atoms with E-state index in [1.807, 2.05) is 7.05 Å². The van der Waals surface area contributed by atoms with E-state index < -0.39 is 16.1 Å². The van der Waals surface area contributed by atoms with Crippen LogP contribution >= 0.6 is 0 Å². The van der Waals surface area contributed by atoms with Crippen LogP contribution in [0.15, 0.2) is 65.7 Å². The minimum absolute atomic E-state index is 0.0658. The maximum Gasteiger partial charge on any atom is 0.240 e. The summed E-state index contributed by atoms with van der Waals surface area (Å²) in [5, 5.41) is 6.16. The van der Waals surface area contributed by atoms with Crippen LogP contribution in [-0.2, 0) is 10.0 Å². The second-order valence-electron chi connectivity index (χ2n) is 8.41. The summed E-state index contributed by atoms with van der Waals surface area (Å²) in [7, 11) is -1.59. The molecule has 1 atom stereocenters. The van der Waals surface area contributed by atoms with Crippen molar-refractivity contribution >= 4 is 27.5 Å². The van der Waals surface area contributed by atoms with Gasteiger partial charge in [0.05, 0.1) is 4.90 Å². The molecule has 3 N–H and O–H groups in total. The van der Waals surface area contributed by atoms with Gasteiger partial charge in [-0.1, -0.05) is 18.1 Å². The summed E-state index contributed by atoms with van der Waals surface area (Å²) in [6.45, 7) is 1.73. The number of anilines is 3. The number of hydrogen-bond donors (Lipinski definition) is 3. The van der Waals surface area contributed by atoms with E-state index >= 15 is 0 Å². The predicted molar refractivity (Wildman–Crippen MR) is 134 cm³/mol. The maximum atomic E-state index is 13.1. The lowest BCUT2D eigenvalue weighted by atomic mass is 10.1. The van der Waals surface area contributed by atoms with Crippen LogP contribution < -0.4 is 15.4 Å². The normalized spacial score (nSPS) is 15.8. The third-order valence-electron chi connectivity index (χ3n) is 5.78. The van der Waals surface area contributed by atoms with Crippen LogP contribution in [0.25, 0.3) is 0 Å². The molecule has 2 aromatic carbocycles. The van der Waals surface area contributed by atoms with E-state index in [0.29, 0.717) is 23.0 Å². The van der Waals surface area contributed by atoms with Crippen LogP contribution in [-0.4, -0.2) is 49.5 Å². The van der Waals surface area contributed by atoms with Crippen molar-refractivity contribution in [3.05, 3.63) is 72.2 Å². The van der Waals surface area contributed by atoms with Gasteiger partial charge in [-0.25, -0.2) is 22.5 Å². The van der Waals surface area contributed by atoms with E-state index in [-0.39, 0.29) is 16.8 Å². The molecule has 1 aliphatic heterocycles. The Morgan fingerprint density at radius 2 is 1.77 bits per heavy atom. The lowest BCUT2D eigenvalue weighted by Gasteiger charge is -2.29. The van der Waals surface area contributed by atoms with Crippen LogP contribution in [0.1, 0.15) is 24.4 Å². The fourth-order valence-corrected chi connectivity index (χ4v) is 5.09. The van der Waals surface area contributed by atoms with Crippen molar-refractivity contribution in [2.45, 2.75) is 29.8 Å². The van der Waals surface area contributed by atoms with Crippen LogP contribution in [0, 0.1) is 18.2 Å². The quantitative estimate of drug-likeness (QED) is 0.412. The largest absolute Gasteiger partial charge is 0.340 e. The van der Waals surface area contributed by atoms with E-state index in [9.17, 15) is 12.8 Å². The predicted octanol–water partition coefficient (Wildman–Crippen LogP) is 3.52. The Morgan fingerprint density at radius 3 is 2.43 bits per heavy atom. The van der Waals surface area contributed by atoms with Gasteiger partial charge in [-0.15, -0.1) is 6.42 Å². The number of aromatic nitrogens is 2. The summed E-state index contributed by atoms with van der Waals surface area (Å²) in [5.41, 5.74) is 1.38. The highest BCUT2D eigenvalue weighted by molar-refractivity contribution is 7.89. The highest BCUT2D eigenvalue weighted by Gasteiger charge is 2.23. The van der Waals surface area contributed by atoms with Crippen molar-refractivity contribution in [3.8, 4) is 12.3 Å². The summed E-state index contributed by atoms with van der Waals surface area (Å²) in [5.74, 6) is 3.12. The number of hydrogen-bond acceptors (Lipinski definition) is 7. The number of likely N-dealkylation sites (tertiary alicyclic amines) is 1. The fourth-order valence-electron chi connectivity index (χ4n) is 3.78. The number of rotatable bonds is 8. The zero-order valence-electron chi connectivity index (χ0n) is 19.3. The van der Waals surface area contributed by atoms with Crippen LogP contribution in [0.5, 0.6) is 0 Å². The summed E-state index contributed by atoms with van der Waals surface area (Å²) < 4.78 is 41.5. The second-order valence-corrected chi connectivity index (χ2v) is 10.1. The lowest BCUT2D eigenvalue weighted by Crippen LogP contribution is -2.43. The van der Waals surface area contributed by atoms with Crippen molar-refractivity contribution in [3.63, 3.8) is 0 Å². The molecule has 1 aromatic heterocycles. The van der Waals surface area contributed by atoms with Gasteiger partial charge < -0.3 is 15.5 Å². The Balaban J connectivity index is 1.42. The van der Waals surface area contributed by atoms with Gasteiger partial charge in [0.1, 0.15) is 17.7 Å². The minimum atomic E-state index is -3.62. The Hall–Kier alpha value is -3.52. The molecule has 1 aliphatic rings. The molecule has 35 heavy (non-hydrogen) atoms. The summed E-state index contributed by atoms with van der Waals surface area (Å²) in [6.07, 6.45) is 8.87. The summed E-state index contributed by atoms with van der Waals surface area (Å²) >= 11 is 0. The monoisotopic (exact) mass is 494 g/mol. The van der Waals surface area contributed by atoms with Gasteiger partial charge in [0.2, 0.25) is 16.0 Å². The van der Waals surface area contributed by atoms with Gasteiger partial charge in [0, 0.05) is 17.9 Å². The molecule has 0 aliphatic carbocycles. The SMILES string of the molecule is C#CC(Nc1nccc(Nc2ccc(F)cc2)n1)c1ccc(S(=O)(=O)NC2CCN(C)CC2)cc1. The van der Waals surface area contributed by atoms with Crippen LogP contribution in [0.4, 0.5) is 21.8 Å². The van der Waals surface area contributed by atoms with Gasteiger partial charge >= 0.3 is 0 Å². The average molecular weight is 495 g/mol. The lowest BCUT2D eigenvalue weighted by molar-refractivity contribution is 0.248. The molecular weight excluding hydrogens is 467 g/mol. The Morgan fingerprint density at radius 1 is 1.09 bits per heavy atom. The van der Waals surface area contributed by atoms with Crippen molar-refractivity contribution in [1.29, 1.82) is 0 Å². The molecule has 1 saturated heterocycles. The first-order chi connectivity index (χ1) is 16.8. The van der Waals surface area contributed by atoms with Gasteiger partial charge in [-0.3, -0.25) is 0 Å². The molecule has 0 amide bonds. The zero-order chi connectivity index (χ0) is 24.8. The van der Waals surface area contributed by atoms with Gasteiger partial charge in [0.25, 0.3) is 0 Å². The Bertz CT molecular complexity index is 1280. The highest BCUT2D eigenvalue weighted by Crippen LogP contribution is 2.22. The zero-order valence-corrected chi connectivity index (χ0v) is 20.1. The summed E-state index contributed by atoms with van der Waals surface area (Å²) in [4.78, 5) is 11.0. The highest BCUT2D eigenvalue weighted by atomic mass is 32.2. The second kappa shape index (κ2) is 10.8. The molecule has 10 heteroatoms. The molecule has 4 rings (SSSR count). The van der Waals surface area contributed by atoms with Crippen molar-refractivity contribution in [2.75, 3.05) is 30.8 Å².